The number of halogens is 1. The summed E-state index contributed by atoms with van der Waals surface area (Å²) in [6, 6.07) is 12.2. The van der Waals surface area contributed by atoms with Crippen molar-refractivity contribution in [1.29, 1.82) is 0 Å². The van der Waals surface area contributed by atoms with Crippen LogP contribution in [0.15, 0.2) is 62.7 Å². The number of hydrogen-bond acceptors (Lipinski definition) is 5. The van der Waals surface area contributed by atoms with Gasteiger partial charge in [-0.15, -0.1) is 0 Å². The molecule has 0 spiro atoms. The number of ether oxygens (including phenoxy) is 2. The molecule has 4 rings (SSSR count). The van der Waals surface area contributed by atoms with Gasteiger partial charge in [0, 0.05) is 10.7 Å². The maximum Gasteiger partial charge on any atom is 0.328 e. The maximum absolute atomic E-state index is 12.8. The third-order valence-electron chi connectivity index (χ3n) is 4.21. The molecule has 142 valence electrons. The Bertz CT molecular complexity index is 1180. The first-order valence-electron chi connectivity index (χ1n) is 8.30. The van der Waals surface area contributed by atoms with Crippen LogP contribution in [0.2, 0.25) is 0 Å². The number of aromatic nitrogens is 2. The molecule has 0 radical (unpaired) electrons. The molecule has 0 saturated heterocycles. The molecule has 8 nitrogen and oxygen atoms in total. The Morgan fingerprint density at radius 1 is 1.14 bits per heavy atom. The van der Waals surface area contributed by atoms with Crippen molar-refractivity contribution in [2.75, 3.05) is 12.1 Å². The lowest BCUT2D eigenvalue weighted by Crippen LogP contribution is -2.39. The summed E-state index contributed by atoms with van der Waals surface area (Å²) in [4.78, 5) is 39.9. The summed E-state index contributed by atoms with van der Waals surface area (Å²) in [6.07, 6.45) is 1.12. The number of nitrogens with zero attached hydrogens (tertiary/aromatic N) is 1. The number of carbonyl (C=O) groups is 1. The van der Waals surface area contributed by atoms with E-state index in [-0.39, 0.29) is 18.9 Å². The van der Waals surface area contributed by atoms with Crippen LogP contribution < -0.4 is 26.0 Å². The van der Waals surface area contributed by atoms with Gasteiger partial charge >= 0.3 is 5.69 Å². The molecule has 0 fully saturated rings. The molecule has 28 heavy (non-hydrogen) atoms. The van der Waals surface area contributed by atoms with Crippen LogP contribution in [-0.4, -0.2) is 22.3 Å². The third-order valence-corrected chi connectivity index (χ3v) is 4.90. The van der Waals surface area contributed by atoms with E-state index in [1.54, 1.807) is 42.5 Å². The fourth-order valence-corrected chi connectivity index (χ4v) is 3.18. The Morgan fingerprint density at radius 2 is 1.93 bits per heavy atom. The van der Waals surface area contributed by atoms with Gasteiger partial charge in [-0.1, -0.05) is 18.2 Å². The number of rotatable bonds is 4. The number of anilines is 1. The van der Waals surface area contributed by atoms with Crippen LogP contribution in [0, 0.1) is 0 Å². The maximum atomic E-state index is 12.8. The lowest BCUT2D eigenvalue weighted by atomic mass is 10.2. The molecule has 1 amide bonds. The monoisotopic (exact) mass is 443 g/mol. The first-order chi connectivity index (χ1) is 13.5. The first kappa shape index (κ1) is 18.1. The van der Waals surface area contributed by atoms with Crippen LogP contribution in [0.5, 0.6) is 11.5 Å². The number of benzene rings is 2. The van der Waals surface area contributed by atoms with E-state index in [4.69, 9.17) is 9.47 Å². The van der Waals surface area contributed by atoms with Crippen molar-refractivity contribution < 1.29 is 14.3 Å². The second kappa shape index (κ2) is 7.35. The van der Waals surface area contributed by atoms with Gasteiger partial charge in [0.15, 0.2) is 11.5 Å². The van der Waals surface area contributed by atoms with E-state index in [9.17, 15) is 14.4 Å². The standard InChI is InChI=1S/C19H14BrN3O5/c20-13-3-1-2-4-14(13)22-17(24)12-8-21-19(26)23(18(12)25)9-11-5-6-15-16(7-11)28-10-27-15/h1-8H,9-10H2,(H,21,26)(H,22,24). The number of nitrogens with one attached hydrogen (secondary N) is 2. The van der Waals surface area contributed by atoms with Crippen LogP contribution >= 0.6 is 15.9 Å². The molecule has 2 aromatic carbocycles. The topological polar surface area (TPSA) is 102 Å². The molecule has 0 bridgehead atoms. The average Bonchev–Trinajstić information content (AvgIpc) is 3.14. The summed E-state index contributed by atoms with van der Waals surface area (Å²) in [5, 5.41) is 2.65. The van der Waals surface area contributed by atoms with E-state index in [2.05, 4.69) is 26.2 Å². The molecule has 9 heteroatoms. The predicted molar refractivity (Wildman–Crippen MR) is 105 cm³/mol. The van der Waals surface area contributed by atoms with Crippen LogP contribution in [-0.2, 0) is 6.54 Å². The first-order valence-corrected chi connectivity index (χ1v) is 9.09. The highest BCUT2D eigenvalue weighted by atomic mass is 79.9. The van der Waals surface area contributed by atoms with Crippen molar-refractivity contribution >= 4 is 27.5 Å². The molecule has 2 heterocycles. The van der Waals surface area contributed by atoms with E-state index >= 15 is 0 Å². The Balaban J connectivity index is 1.64. The minimum absolute atomic E-state index is 0.0129. The van der Waals surface area contributed by atoms with E-state index in [0.717, 1.165) is 10.8 Å². The molecule has 0 atom stereocenters. The van der Waals surface area contributed by atoms with Crippen LogP contribution in [0.25, 0.3) is 0 Å². The molecule has 0 saturated carbocycles. The van der Waals surface area contributed by atoms with Crippen molar-refractivity contribution in [1.82, 2.24) is 9.55 Å². The van der Waals surface area contributed by atoms with Gasteiger partial charge in [-0.05, 0) is 45.8 Å². The Hall–Kier alpha value is -3.33. The Kier molecular flexibility index (Phi) is 4.74. The van der Waals surface area contributed by atoms with Crippen molar-refractivity contribution in [3.05, 3.63) is 85.1 Å². The molecule has 3 aromatic rings. The number of H-pyrrole nitrogens is 1. The lowest BCUT2D eigenvalue weighted by molar-refractivity contribution is 0.102. The Morgan fingerprint density at radius 3 is 2.75 bits per heavy atom. The summed E-state index contributed by atoms with van der Waals surface area (Å²) >= 11 is 3.33. The largest absolute Gasteiger partial charge is 0.454 e. The van der Waals surface area contributed by atoms with Gasteiger partial charge < -0.3 is 19.8 Å². The summed E-state index contributed by atoms with van der Waals surface area (Å²) in [5.74, 6) is 0.531. The summed E-state index contributed by atoms with van der Waals surface area (Å²) in [7, 11) is 0. The number of hydrogen-bond donors (Lipinski definition) is 2. The van der Waals surface area contributed by atoms with Gasteiger partial charge in [-0.25, -0.2) is 4.79 Å². The van der Waals surface area contributed by atoms with Crippen molar-refractivity contribution in [2.24, 2.45) is 0 Å². The zero-order chi connectivity index (χ0) is 19.7. The highest BCUT2D eigenvalue weighted by molar-refractivity contribution is 9.10. The number of fused-ring (bicyclic) bond motifs is 1. The van der Waals surface area contributed by atoms with Crippen LogP contribution in [0.4, 0.5) is 5.69 Å². The SMILES string of the molecule is O=C(Nc1ccccc1Br)c1c[nH]c(=O)n(Cc2ccc3c(c2)OCO3)c1=O. The predicted octanol–water partition coefficient (Wildman–Crippen LogP) is 2.33. The van der Waals surface area contributed by atoms with Gasteiger partial charge in [0.05, 0.1) is 12.2 Å². The highest BCUT2D eigenvalue weighted by Crippen LogP contribution is 2.32. The molecule has 0 unspecified atom stereocenters. The number of amides is 1. The highest BCUT2D eigenvalue weighted by Gasteiger charge is 2.18. The molecular weight excluding hydrogens is 430 g/mol. The fourth-order valence-electron chi connectivity index (χ4n) is 2.79. The smallest absolute Gasteiger partial charge is 0.328 e. The Labute approximate surface area is 166 Å². The summed E-state index contributed by atoms with van der Waals surface area (Å²) < 4.78 is 12.2. The zero-order valence-electron chi connectivity index (χ0n) is 14.4. The van der Waals surface area contributed by atoms with Crippen LogP contribution in [0.1, 0.15) is 15.9 Å². The quantitative estimate of drug-likeness (QED) is 0.643. The molecule has 0 aliphatic carbocycles. The lowest BCUT2D eigenvalue weighted by Gasteiger charge is -2.09. The van der Waals surface area contributed by atoms with Crippen LogP contribution in [0.3, 0.4) is 0 Å². The average molecular weight is 444 g/mol. The van der Waals surface area contributed by atoms with E-state index in [1.807, 2.05) is 0 Å². The number of carbonyl (C=O) groups excluding carboxylic acids is 1. The van der Waals surface area contributed by atoms with E-state index < -0.39 is 17.2 Å². The van der Waals surface area contributed by atoms with Gasteiger partial charge in [-0.2, -0.15) is 0 Å². The molecule has 1 aliphatic rings. The normalized spacial score (nSPS) is 12.0. The zero-order valence-corrected chi connectivity index (χ0v) is 16.0. The van der Waals surface area contributed by atoms with Gasteiger partial charge in [0.2, 0.25) is 6.79 Å². The van der Waals surface area contributed by atoms with E-state index in [0.29, 0.717) is 27.2 Å². The second-order valence-electron chi connectivity index (χ2n) is 6.02. The number of para-hydroxylation sites is 1. The van der Waals surface area contributed by atoms with Gasteiger partial charge in [-0.3, -0.25) is 14.2 Å². The second-order valence-corrected chi connectivity index (χ2v) is 6.87. The molecule has 2 N–H and O–H groups in total. The van der Waals surface area contributed by atoms with E-state index in [1.165, 1.54) is 0 Å². The minimum Gasteiger partial charge on any atom is -0.454 e. The summed E-state index contributed by atoms with van der Waals surface area (Å²) in [5.41, 5.74) is -0.289. The van der Waals surface area contributed by atoms with Crippen molar-refractivity contribution in [3.63, 3.8) is 0 Å². The van der Waals surface area contributed by atoms with Gasteiger partial charge in [0.1, 0.15) is 5.56 Å². The minimum atomic E-state index is -0.689. The number of aromatic amines is 1. The summed E-state index contributed by atoms with van der Waals surface area (Å²) in [6.45, 7) is 0.116. The molecular formula is C19H14BrN3O5. The van der Waals surface area contributed by atoms with Crippen molar-refractivity contribution in [3.8, 4) is 11.5 Å². The van der Waals surface area contributed by atoms with Crippen molar-refractivity contribution in [2.45, 2.75) is 6.54 Å². The molecule has 1 aromatic heterocycles. The third kappa shape index (κ3) is 3.44. The fraction of sp³-hybridized carbons (Fsp3) is 0.105. The van der Waals surface area contributed by atoms with Gasteiger partial charge in [0.25, 0.3) is 11.5 Å². The molecule has 1 aliphatic heterocycles.